The topological polar surface area (TPSA) is 117 Å². The summed E-state index contributed by atoms with van der Waals surface area (Å²) in [6.45, 7) is 3.83. The van der Waals surface area contributed by atoms with E-state index in [1.54, 1.807) is 0 Å². The van der Waals surface area contributed by atoms with Gasteiger partial charge in [-0.2, -0.15) is 0 Å². The molecule has 9 nitrogen and oxygen atoms in total. The average Bonchev–Trinajstić information content (AvgIpc) is 2.82. The van der Waals surface area contributed by atoms with E-state index in [2.05, 4.69) is 10.0 Å². The highest BCUT2D eigenvalue weighted by Crippen LogP contribution is 2.28. The van der Waals surface area contributed by atoms with Gasteiger partial charge < -0.3 is 19.3 Å². The summed E-state index contributed by atoms with van der Waals surface area (Å²) in [6, 6.07) is 17.9. The van der Waals surface area contributed by atoms with Gasteiger partial charge in [-0.3, -0.25) is 4.90 Å². The van der Waals surface area contributed by atoms with Crippen LogP contribution in [0.15, 0.2) is 65.8 Å². The largest absolute Gasteiger partial charge is 0.444 e. The van der Waals surface area contributed by atoms with Crippen molar-refractivity contribution < 1.29 is 24.1 Å². The molecular weight excluding hydrogens is 412 g/mol. The first-order valence-corrected chi connectivity index (χ1v) is 10.5. The van der Waals surface area contributed by atoms with Gasteiger partial charge in [-0.1, -0.05) is 72.7 Å². The molecule has 0 aromatic heterocycles. The monoisotopic (exact) mass is 440 g/mol. The second-order valence-electron chi connectivity index (χ2n) is 7.77. The summed E-state index contributed by atoms with van der Waals surface area (Å²) in [6.07, 6.45) is -2.79. The van der Waals surface area contributed by atoms with Crippen LogP contribution in [0.1, 0.15) is 25.0 Å². The maximum atomic E-state index is 12.8. The lowest BCUT2D eigenvalue weighted by molar-refractivity contribution is -0.248. The Morgan fingerprint density at radius 1 is 1.12 bits per heavy atom. The first-order chi connectivity index (χ1) is 15.5. The van der Waals surface area contributed by atoms with Crippen molar-refractivity contribution in [1.82, 2.24) is 4.90 Å². The van der Waals surface area contributed by atoms with Crippen molar-refractivity contribution in [3.63, 3.8) is 0 Å². The molecule has 1 N–H and O–H groups in total. The fraction of sp³-hybridized carbons (Fsp3) is 0.435. The van der Waals surface area contributed by atoms with E-state index in [4.69, 9.17) is 19.7 Å². The van der Waals surface area contributed by atoms with E-state index in [0.717, 1.165) is 11.1 Å². The third-order valence-corrected chi connectivity index (χ3v) is 5.52. The number of hydrogen-bond donors (Lipinski definition) is 1. The number of carbonyl (C=O) groups is 1. The molecule has 0 aliphatic carbocycles. The lowest BCUT2D eigenvalue weighted by Crippen LogP contribution is -2.53. The Balaban J connectivity index is 1.69. The van der Waals surface area contributed by atoms with Crippen molar-refractivity contribution in [3.8, 4) is 0 Å². The Bertz CT molecular complexity index is 907. The molecule has 1 amide bonds. The molecule has 1 aliphatic rings. The molecule has 0 spiro atoms. The minimum absolute atomic E-state index is 0.125. The molecule has 2 unspecified atom stereocenters. The third kappa shape index (κ3) is 6.21. The third-order valence-electron chi connectivity index (χ3n) is 5.52. The molecule has 1 aliphatic heterocycles. The minimum atomic E-state index is -0.993. The fourth-order valence-electron chi connectivity index (χ4n) is 3.43. The van der Waals surface area contributed by atoms with E-state index in [-0.39, 0.29) is 31.9 Å². The Morgan fingerprint density at radius 2 is 1.75 bits per heavy atom. The summed E-state index contributed by atoms with van der Waals surface area (Å²) in [7, 11) is 0. The predicted molar refractivity (Wildman–Crippen MR) is 117 cm³/mol. The molecule has 1 saturated heterocycles. The van der Waals surface area contributed by atoms with Crippen LogP contribution in [0, 0.1) is 5.92 Å². The smallest absolute Gasteiger partial charge is 0.412 e. The number of nitrogens with zero attached hydrogens (tertiary/aromatic N) is 4. The molecule has 170 valence electrons. The molecule has 9 heteroatoms. The summed E-state index contributed by atoms with van der Waals surface area (Å²) in [5.74, 6) is -0.235. The standard InChI is InChI=1S/C23H28N4O5/c1-16-17(2)32-22(20(21(16)28)25-26-24)31-15-27(13-18-9-5-3-6-10-18)23(29)30-14-19-11-7-4-8-12-19/h3-12,16-17,20-22,28H,13-15H2,1-2H3/t16-,17?,20?,21+,22-/m1/s1. The molecule has 0 saturated carbocycles. The van der Waals surface area contributed by atoms with Crippen LogP contribution in [0.5, 0.6) is 0 Å². The van der Waals surface area contributed by atoms with Crippen molar-refractivity contribution in [1.29, 1.82) is 0 Å². The van der Waals surface area contributed by atoms with Crippen LogP contribution >= 0.6 is 0 Å². The van der Waals surface area contributed by atoms with Gasteiger partial charge in [0.25, 0.3) is 0 Å². The highest BCUT2D eigenvalue weighted by Gasteiger charge is 2.41. The fourth-order valence-corrected chi connectivity index (χ4v) is 3.43. The van der Waals surface area contributed by atoms with Gasteiger partial charge in [0.2, 0.25) is 0 Å². The van der Waals surface area contributed by atoms with Gasteiger partial charge in [0.1, 0.15) is 19.4 Å². The van der Waals surface area contributed by atoms with E-state index in [1.807, 2.05) is 74.5 Å². The summed E-state index contributed by atoms with van der Waals surface area (Å²) >= 11 is 0. The molecule has 3 rings (SSSR count). The van der Waals surface area contributed by atoms with Crippen molar-refractivity contribution in [2.24, 2.45) is 11.0 Å². The second-order valence-corrected chi connectivity index (χ2v) is 7.77. The molecule has 0 radical (unpaired) electrons. The number of azide groups is 1. The van der Waals surface area contributed by atoms with Crippen molar-refractivity contribution in [2.75, 3.05) is 6.73 Å². The quantitative estimate of drug-likeness (QED) is 0.285. The van der Waals surface area contributed by atoms with Crippen LogP contribution in [0.2, 0.25) is 0 Å². The highest BCUT2D eigenvalue weighted by atomic mass is 16.7. The van der Waals surface area contributed by atoms with Crippen LogP contribution in [0.4, 0.5) is 4.79 Å². The number of benzene rings is 2. The zero-order valence-electron chi connectivity index (χ0n) is 18.2. The van der Waals surface area contributed by atoms with Crippen LogP contribution < -0.4 is 0 Å². The number of hydrogen-bond acceptors (Lipinski definition) is 6. The Hall–Kier alpha value is -3.10. The summed E-state index contributed by atoms with van der Waals surface area (Å²) in [5, 5.41) is 14.2. The normalized spacial score (nSPS) is 24.9. The zero-order chi connectivity index (χ0) is 22.9. The van der Waals surface area contributed by atoms with Crippen LogP contribution in [0.25, 0.3) is 10.4 Å². The van der Waals surface area contributed by atoms with Gasteiger partial charge in [0.15, 0.2) is 6.29 Å². The molecule has 2 aromatic rings. The first kappa shape index (κ1) is 23.6. The summed E-state index contributed by atoms with van der Waals surface area (Å²) in [5.41, 5.74) is 10.7. The molecule has 2 aromatic carbocycles. The van der Waals surface area contributed by atoms with E-state index in [1.165, 1.54) is 4.90 Å². The summed E-state index contributed by atoms with van der Waals surface area (Å²) in [4.78, 5) is 17.0. The Labute approximate surface area is 187 Å². The number of ether oxygens (including phenoxy) is 3. The SMILES string of the molecule is CC1O[C@@H](OCN(Cc2ccccc2)C(=O)OCc2ccccc2)C(N=[N+]=[N-])[C@@H](O)[C@@H]1C. The van der Waals surface area contributed by atoms with Gasteiger partial charge in [0.05, 0.1) is 18.8 Å². The molecule has 1 fully saturated rings. The second kappa shape index (κ2) is 11.5. The maximum Gasteiger partial charge on any atom is 0.412 e. The molecular formula is C23H28N4O5. The van der Waals surface area contributed by atoms with E-state index in [0.29, 0.717) is 0 Å². The molecule has 1 heterocycles. The minimum Gasteiger partial charge on any atom is -0.444 e. The number of aliphatic hydroxyl groups is 1. The lowest BCUT2D eigenvalue weighted by Gasteiger charge is -2.41. The van der Waals surface area contributed by atoms with Gasteiger partial charge >= 0.3 is 6.09 Å². The van der Waals surface area contributed by atoms with Crippen molar-refractivity contribution in [2.45, 2.75) is 51.5 Å². The Morgan fingerprint density at radius 3 is 2.38 bits per heavy atom. The first-order valence-electron chi connectivity index (χ1n) is 10.5. The van der Waals surface area contributed by atoms with Gasteiger partial charge in [-0.25, -0.2) is 4.79 Å². The van der Waals surface area contributed by atoms with Crippen LogP contribution in [-0.4, -0.2) is 47.4 Å². The number of carbonyl (C=O) groups excluding carboxylic acids is 1. The number of aliphatic hydroxyl groups excluding tert-OH is 1. The number of rotatable bonds is 8. The molecule has 5 atom stereocenters. The van der Waals surface area contributed by atoms with Crippen molar-refractivity contribution in [3.05, 3.63) is 82.2 Å². The predicted octanol–water partition coefficient (Wildman–Crippen LogP) is 4.22. The van der Waals surface area contributed by atoms with E-state index in [9.17, 15) is 9.90 Å². The van der Waals surface area contributed by atoms with Crippen LogP contribution in [0.3, 0.4) is 0 Å². The average molecular weight is 441 g/mol. The highest BCUT2D eigenvalue weighted by molar-refractivity contribution is 5.67. The zero-order valence-corrected chi connectivity index (χ0v) is 18.2. The summed E-state index contributed by atoms with van der Waals surface area (Å²) < 4.78 is 17.1. The Kier molecular flexibility index (Phi) is 8.47. The van der Waals surface area contributed by atoms with E-state index >= 15 is 0 Å². The van der Waals surface area contributed by atoms with Crippen LogP contribution in [-0.2, 0) is 27.4 Å². The molecule has 32 heavy (non-hydrogen) atoms. The van der Waals surface area contributed by atoms with Gasteiger partial charge in [-0.05, 0) is 23.6 Å². The van der Waals surface area contributed by atoms with E-state index < -0.39 is 24.5 Å². The maximum absolute atomic E-state index is 12.8. The van der Waals surface area contributed by atoms with Crippen molar-refractivity contribution >= 4 is 6.09 Å². The van der Waals surface area contributed by atoms with Gasteiger partial charge in [0, 0.05) is 10.8 Å². The molecule has 0 bridgehead atoms. The lowest BCUT2D eigenvalue weighted by atomic mass is 9.90. The number of amides is 1. The van der Waals surface area contributed by atoms with Gasteiger partial charge in [-0.15, -0.1) is 0 Å².